The highest BCUT2D eigenvalue weighted by atomic mass is 79.9. The van der Waals surface area contributed by atoms with Gasteiger partial charge in [-0.15, -0.1) is 0 Å². The fourth-order valence-corrected chi connectivity index (χ4v) is 2.84. The molecule has 0 bridgehead atoms. The molecular weight excluding hydrogens is 284 g/mol. The van der Waals surface area contributed by atoms with Gasteiger partial charge in [0.25, 0.3) is 0 Å². The highest BCUT2D eigenvalue weighted by Crippen LogP contribution is 2.39. The quantitative estimate of drug-likeness (QED) is 0.489. The van der Waals surface area contributed by atoms with Gasteiger partial charge in [0.1, 0.15) is 5.41 Å². The SMILES string of the molecule is CCOC(=O)C1(CBr)Cc2ccccc2C1=O. The van der Waals surface area contributed by atoms with Crippen molar-refractivity contribution in [3.05, 3.63) is 35.4 Å². The van der Waals surface area contributed by atoms with Gasteiger partial charge >= 0.3 is 5.97 Å². The van der Waals surface area contributed by atoms with Crippen LogP contribution < -0.4 is 0 Å². The number of Topliss-reactive ketones (excluding diaryl/α,β-unsaturated/α-hetero) is 1. The minimum Gasteiger partial charge on any atom is -0.465 e. The lowest BCUT2D eigenvalue weighted by atomic mass is 9.86. The minimum absolute atomic E-state index is 0.136. The van der Waals surface area contributed by atoms with Gasteiger partial charge in [0, 0.05) is 10.9 Å². The number of carbonyl (C=O) groups excluding carboxylic acids is 2. The molecule has 17 heavy (non-hydrogen) atoms. The molecule has 0 amide bonds. The summed E-state index contributed by atoms with van der Waals surface area (Å²) in [6.45, 7) is 2.03. The van der Waals surface area contributed by atoms with E-state index in [4.69, 9.17) is 4.74 Å². The molecule has 0 spiro atoms. The molecule has 0 heterocycles. The smallest absolute Gasteiger partial charge is 0.321 e. The van der Waals surface area contributed by atoms with Gasteiger partial charge in [0.15, 0.2) is 5.78 Å². The number of esters is 1. The Labute approximate surface area is 108 Å². The normalized spacial score (nSPS) is 22.4. The Kier molecular flexibility index (Phi) is 3.33. The van der Waals surface area contributed by atoms with Crippen LogP contribution in [0.5, 0.6) is 0 Å². The summed E-state index contributed by atoms with van der Waals surface area (Å²) in [5.74, 6) is -0.568. The van der Waals surface area contributed by atoms with Gasteiger partial charge in [-0.3, -0.25) is 9.59 Å². The summed E-state index contributed by atoms with van der Waals surface area (Å²) in [6, 6.07) is 7.34. The molecule has 1 aliphatic carbocycles. The Morgan fingerprint density at radius 1 is 1.47 bits per heavy atom. The predicted molar refractivity (Wildman–Crippen MR) is 67.3 cm³/mol. The number of ether oxygens (including phenoxy) is 1. The summed E-state index contributed by atoms with van der Waals surface area (Å²) in [6.07, 6.45) is 0.423. The molecule has 1 unspecified atom stereocenters. The van der Waals surface area contributed by atoms with Gasteiger partial charge in [-0.1, -0.05) is 40.2 Å². The second-order valence-electron chi connectivity index (χ2n) is 4.10. The van der Waals surface area contributed by atoms with E-state index in [-0.39, 0.29) is 12.4 Å². The van der Waals surface area contributed by atoms with Gasteiger partial charge < -0.3 is 4.74 Å². The van der Waals surface area contributed by atoms with E-state index in [0.717, 1.165) is 5.56 Å². The maximum absolute atomic E-state index is 12.3. The summed E-state index contributed by atoms with van der Waals surface area (Å²) < 4.78 is 5.03. The van der Waals surface area contributed by atoms with E-state index in [1.165, 1.54) is 0 Å². The lowest BCUT2D eigenvalue weighted by molar-refractivity contribution is -0.150. The third-order valence-corrected chi connectivity index (χ3v) is 4.04. The summed E-state index contributed by atoms with van der Waals surface area (Å²) in [5.41, 5.74) is 0.490. The molecule has 0 aliphatic heterocycles. The van der Waals surface area contributed by atoms with Crippen LogP contribution in [0, 0.1) is 5.41 Å². The van der Waals surface area contributed by atoms with Crippen molar-refractivity contribution in [2.24, 2.45) is 5.41 Å². The molecule has 1 aromatic rings. The van der Waals surface area contributed by atoms with Crippen molar-refractivity contribution < 1.29 is 14.3 Å². The van der Waals surface area contributed by atoms with E-state index < -0.39 is 11.4 Å². The molecule has 0 saturated heterocycles. The number of carbonyl (C=O) groups is 2. The lowest BCUT2D eigenvalue weighted by Gasteiger charge is -2.21. The van der Waals surface area contributed by atoms with E-state index in [1.54, 1.807) is 13.0 Å². The Hall–Kier alpha value is -1.16. The standard InChI is InChI=1S/C13H13BrO3/c1-2-17-12(16)13(8-14)7-9-5-3-4-6-10(9)11(13)15/h3-6H,2,7-8H2,1H3. The third-order valence-electron chi connectivity index (χ3n) is 3.08. The van der Waals surface area contributed by atoms with Crippen molar-refractivity contribution in [1.29, 1.82) is 0 Å². The van der Waals surface area contributed by atoms with Crippen molar-refractivity contribution in [3.63, 3.8) is 0 Å². The van der Waals surface area contributed by atoms with Crippen molar-refractivity contribution >= 4 is 27.7 Å². The average molecular weight is 297 g/mol. The van der Waals surface area contributed by atoms with Crippen LogP contribution in [-0.4, -0.2) is 23.7 Å². The zero-order chi connectivity index (χ0) is 12.5. The number of alkyl halides is 1. The average Bonchev–Trinajstić information content (AvgIpc) is 2.64. The maximum atomic E-state index is 12.3. The Morgan fingerprint density at radius 3 is 2.76 bits per heavy atom. The van der Waals surface area contributed by atoms with Crippen LogP contribution in [0.3, 0.4) is 0 Å². The first kappa shape index (κ1) is 12.3. The first-order valence-electron chi connectivity index (χ1n) is 5.51. The topological polar surface area (TPSA) is 43.4 Å². The van der Waals surface area contributed by atoms with Crippen molar-refractivity contribution in [3.8, 4) is 0 Å². The molecule has 0 N–H and O–H groups in total. The van der Waals surface area contributed by atoms with Gasteiger partial charge in [0.2, 0.25) is 0 Å². The summed E-state index contributed by atoms with van der Waals surface area (Å²) >= 11 is 3.28. The Balaban J connectivity index is 2.41. The second-order valence-corrected chi connectivity index (χ2v) is 4.66. The zero-order valence-electron chi connectivity index (χ0n) is 9.53. The number of hydrogen-bond acceptors (Lipinski definition) is 3. The van der Waals surface area contributed by atoms with Crippen LogP contribution in [-0.2, 0) is 16.0 Å². The van der Waals surface area contributed by atoms with E-state index in [9.17, 15) is 9.59 Å². The van der Waals surface area contributed by atoms with Crippen LogP contribution in [0.1, 0.15) is 22.8 Å². The summed E-state index contributed by atoms with van der Waals surface area (Å²) in [7, 11) is 0. The highest BCUT2D eigenvalue weighted by molar-refractivity contribution is 9.09. The molecule has 0 aromatic heterocycles. The number of halogens is 1. The lowest BCUT2D eigenvalue weighted by Crippen LogP contribution is -2.40. The largest absolute Gasteiger partial charge is 0.465 e. The molecule has 4 heteroatoms. The number of hydrogen-bond donors (Lipinski definition) is 0. The zero-order valence-corrected chi connectivity index (χ0v) is 11.1. The second kappa shape index (κ2) is 4.61. The van der Waals surface area contributed by atoms with E-state index in [0.29, 0.717) is 17.3 Å². The van der Waals surface area contributed by atoms with Gasteiger partial charge in [-0.25, -0.2) is 0 Å². The summed E-state index contributed by atoms with van der Waals surface area (Å²) in [4.78, 5) is 24.3. The maximum Gasteiger partial charge on any atom is 0.321 e. The van der Waals surface area contributed by atoms with Gasteiger partial charge in [-0.05, 0) is 18.9 Å². The number of ketones is 1. The van der Waals surface area contributed by atoms with Crippen molar-refractivity contribution in [2.45, 2.75) is 13.3 Å². The highest BCUT2D eigenvalue weighted by Gasteiger charge is 2.51. The molecule has 90 valence electrons. The van der Waals surface area contributed by atoms with Crippen molar-refractivity contribution in [2.75, 3.05) is 11.9 Å². The van der Waals surface area contributed by atoms with Gasteiger partial charge in [0.05, 0.1) is 6.61 Å². The van der Waals surface area contributed by atoms with E-state index in [2.05, 4.69) is 15.9 Å². The Morgan fingerprint density at radius 2 is 2.18 bits per heavy atom. The first-order valence-corrected chi connectivity index (χ1v) is 6.63. The molecule has 0 radical (unpaired) electrons. The molecular formula is C13H13BrO3. The molecule has 1 aliphatic rings. The molecule has 1 aromatic carbocycles. The molecule has 1 atom stereocenters. The molecule has 0 saturated carbocycles. The fraction of sp³-hybridized carbons (Fsp3) is 0.385. The molecule has 0 fully saturated rings. The predicted octanol–water partition coefficient (Wildman–Crippen LogP) is 2.37. The third kappa shape index (κ3) is 1.80. The minimum atomic E-state index is -1.07. The van der Waals surface area contributed by atoms with Crippen LogP contribution in [0.4, 0.5) is 0 Å². The monoisotopic (exact) mass is 296 g/mol. The van der Waals surface area contributed by atoms with Gasteiger partial charge in [-0.2, -0.15) is 0 Å². The van der Waals surface area contributed by atoms with E-state index >= 15 is 0 Å². The van der Waals surface area contributed by atoms with Crippen molar-refractivity contribution in [1.82, 2.24) is 0 Å². The van der Waals surface area contributed by atoms with E-state index in [1.807, 2.05) is 18.2 Å². The van der Waals surface area contributed by atoms with Crippen LogP contribution >= 0.6 is 15.9 Å². The number of rotatable bonds is 3. The molecule has 3 nitrogen and oxygen atoms in total. The van der Waals surface area contributed by atoms with Crippen LogP contribution in [0.2, 0.25) is 0 Å². The first-order chi connectivity index (χ1) is 8.15. The number of fused-ring (bicyclic) bond motifs is 1. The summed E-state index contributed by atoms with van der Waals surface area (Å²) in [5, 5.41) is 0.298. The molecule has 2 rings (SSSR count). The van der Waals surface area contributed by atoms with Crippen LogP contribution in [0.15, 0.2) is 24.3 Å². The van der Waals surface area contributed by atoms with Crippen LogP contribution in [0.25, 0.3) is 0 Å². The number of benzene rings is 1. The Bertz CT molecular complexity index is 469. The fourth-order valence-electron chi connectivity index (χ4n) is 2.16.